The molecule has 2 aromatic carbocycles. The van der Waals surface area contributed by atoms with E-state index in [4.69, 9.17) is 21.7 Å². The van der Waals surface area contributed by atoms with Crippen LogP contribution in [0.5, 0.6) is 0 Å². The first kappa shape index (κ1) is 29.6. The molecule has 0 spiro atoms. The van der Waals surface area contributed by atoms with Crippen LogP contribution in [0.4, 0.5) is 11.6 Å². The summed E-state index contributed by atoms with van der Waals surface area (Å²) in [6, 6.07) is 16.7. The number of rotatable bonds is 6. The molecular weight excluding hydrogens is 542 g/mol. The van der Waals surface area contributed by atoms with E-state index in [1.54, 1.807) is 0 Å². The summed E-state index contributed by atoms with van der Waals surface area (Å²) in [5.74, 6) is -0.299. The van der Waals surface area contributed by atoms with E-state index in [9.17, 15) is 9.59 Å². The van der Waals surface area contributed by atoms with E-state index in [-0.39, 0.29) is 16.2 Å². The van der Waals surface area contributed by atoms with Crippen LogP contribution in [0, 0.1) is 13.8 Å². The number of anilines is 2. The van der Waals surface area contributed by atoms with E-state index in [0.29, 0.717) is 30.7 Å². The van der Waals surface area contributed by atoms with Gasteiger partial charge in [0, 0.05) is 49.8 Å². The minimum absolute atomic E-state index is 0.112. The number of nitrogens with zero attached hydrogens (tertiary/aromatic N) is 5. The highest BCUT2D eigenvalue weighted by atomic mass is 32.1. The number of ether oxygens (including phenoxy) is 2. The molecule has 2 heterocycles. The van der Waals surface area contributed by atoms with Crippen LogP contribution in [-0.2, 0) is 16.0 Å². The average Bonchev–Trinajstić information content (AvgIpc) is 2.96. The van der Waals surface area contributed by atoms with Crippen LogP contribution in [0.15, 0.2) is 59.6 Å². The molecule has 1 saturated heterocycles. The molecule has 1 aromatic heterocycles. The number of methoxy groups -OCH3 is 2. The Bertz CT molecular complexity index is 1390. The van der Waals surface area contributed by atoms with Crippen LogP contribution in [-0.4, -0.2) is 83.2 Å². The smallest absolute Gasteiger partial charge is 0.337 e. The van der Waals surface area contributed by atoms with Crippen molar-refractivity contribution in [3.63, 3.8) is 0 Å². The molecule has 3 aromatic rings. The Morgan fingerprint density at radius 1 is 0.878 bits per heavy atom. The number of hydrogen-bond donors (Lipinski definition) is 2. The average molecular weight is 576 g/mol. The summed E-state index contributed by atoms with van der Waals surface area (Å²) in [6.45, 7) is 7.73. The van der Waals surface area contributed by atoms with E-state index in [1.807, 2.05) is 38.1 Å². The highest BCUT2D eigenvalue weighted by Gasteiger charge is 2.22. The molecular formula is C29H33N7O4S. The number of aliphatic imine (C=N–C) groups is 1. The first-order valence-corrected chi connectivity index (χ1v) is 13.5. The summed E-state index contributed by atoms with van der Waals surface area (Å²) in [4.78, 5) is 42.6. The molecule has 12 heteroatoms. The fourth-order valence-electron chi connectivity index (χ4n) is 4.44. The van der Waals surface area contributed by atoms with Crippen molar-refractivity contribution in [2.45, 2.75) is 20.4 Å². The number of thiocarbonyl (C=S) groups is 1. The number of aryl methyl sites for hydroxylation is 2. The van der Waals surface area contributed by atoms with Gasteiger partial charge in [0.05, 0.1) is 25.3 Å². The predicted octanol–water partition coefficient (Wildman–Crippen LogP) is 3.65. The molecule has 0 atom stereocenters. The summed E-state index contributed by atoms with van der Waals surface area (Å²) in [6.07, 6.45) is 0. The summed E-state index contributed by atoms with van der Waals surface area (Å²) >= 11 is 5.59. The van der Waals surface area contributed by atoms with Gasteiger partial charge in [-0.1, -0.05) is 30.3 Å². The second kappa shape index (κ2) is 13.8. The summed E-state index contributed by atoms with van der Waals surface area (Å²) in [5.41, 5.74) is 3.63. The molecule has 1 aliphatic heterocycles. The minimum Gasteiger partial charge on any atom is -0.465 e. The number of aromatic nitrogens is 2. The Morgan fingerprint density at radius 2 is 1.46 bits per heavy atom. The molecule has 1 fully saturated rings. The van der Waals surface area contributed by atoms with Crippen LogP contribution >= 0.6 is 12.2 Å². The molecule has 0 radical (unpaired) electrons. The van der Waals surface area contributed by atoms with Gasteiger partial charge in [0.1, 0.15) is 0 Å². The maximum absolute atomic E-state index is 12.2. The molecule has 0 amide bonds. The van der Waals surface area contributed by atoms with Gasteiger partial charge >= 0.3 is 11.9 Å². The van der Waals surface area contributed by atoms with Crippen LogP contribution in [0.2, 0.25) is 0 Å². The van der Waals surface area contributed by atoms with E-state index in [0.717, 1.165) is 31.0 Å². The Kier molecular flexibility index (Phi) is 9.93. The summed E-state index contributed by atoms with van der Waals surface area (Å²) in [7, 11) is 2.53. The molecule has 2 N–H and O–H groups in total. The molecule has 0 unspecified atom stereocenters. The minimum atomic E-state index is -0.601. The lowest BCUT2D eigenvalue weighted by molar-refractivity contribution is 0.0599. The normalized spacial score (nSPS) is 13.9. The van der Waals surface area contributed by atoms with Crippen molar-refractivity contribution >= 4 is 46.9 Å². The summed E-state index contributed by atoms with van der Waals surface area (Å²) < 4.78 is 9.65. The van der Waals surface area contributed by atoms with Crippen molar-refractivity contribution in [2.24, 2.45) is 4.99 Å². The van der Waals surface area contributed by atoms with Gasteiger partial charge in [-0.05, 0) is 55.9 Å². The first-order valence-electron chi connectivity index (χ1n) is 13.1. The number of guanidine groups is 1. The lowest BCUT2D eigenvalue weighted by Gasteiger charge is -2.36. The third-order valence-electron chi connectivity index (χ3n) is 6.36. The van der Waals surface area contributed by atoms with Gasteiger partial charge in [0.15, 0.2) is 0 Å². The zero-order valence-corrected chi connectivity index (χ0v) is 24.3. The van der Waals surface area contributed by atoms with Crippen molar-refractivity contribution < 1.29 is 19.1 Å². The predicted molar refractivity (Wildman–Crippen MR) is 161 cm³/mol. The number of nitrogens with one attached hydrogen (secondary N) is 2. The van der Waals surface area contributed by atoms with Gasteiger partial charge < -0.3 is 19.7 Å². The fourth-order valence-corrected chi connectivity index (χ4v) is 4.64. The lowest BCUT2D eigenvalue weighted by Crippen LogP contribution is -2.50. The highest BCUT2D eigenvalue weighted by Crippen LogP contribution is 2.18. The van der Waals surface area contributed by atoms with Gasteiger partial charge in [-0.15, -0.1) is 0 Å². The summed E-state index contributed by atoms with van der Waals surface area (Å²) in [5, 5.41) is 6.37. The van der Waals surface area contributed by atoms with E-state index >= 15 is 0 Å². The Labute approximate surface area is 244 Å². The number of esters is 2. The highest BCUT2D eigenvalue weighted by molar-refractivity contribution is 7.80. The number of carbonyl (C=O) groups is 2. The zero-order chi connectivity index (χ0) is 29.4. The largest absolute Gasteiger partial charge is 0.465 e. The first-order chi connectivity index (χ1) is 19.7. The number of piperazine rings is 1. The van der Waals surface area contributed by atoms with Crippen LogP contribution in [0.1, 0.15) is 37.7 Å². The van der Waals surface area contributed by atoms with Crippen molar-refractivity contribution in [2.75, 3.05) is 51.0 Å². The molecule has 11 nitrogen and oxygen atoms in total. The van der Waals surface area contributed by atoms with Crippen molar-refractivity contribution in [3.05, 3.63) is 82.7 Å². The van der Waals surface area contributed by atoms with Crippen molar-refractivity contribution in [3.8, 4) is 0 Å². The van der Waals surface area contributed by atoms with Gasteiger partial charge in [-0.2, -0.15) is 4.99 Å². The molecule has 0 aliphatic carbocycles. The third kappa shape index (κ3) is 8.29. The molecule has 214 valence electrons. The fraction of sp³-hybridized carbons (Fsp3) is 0.310. The molecule has 0 saturated carbocycles. The second-order valence-electron chi connectivity index (χ2n) is 9.50. The van der Waals surface area contributed by atoms with Gasteiger partial charge in [-0.3, -0.25) is 10.2 Å². The maximum atomic E-state index is 12.2. The molecule has 0 bridgehead atoms. The van der Waals surface area contributed by atoms with E-state index in [2.05, 4.69) is 47.5 Å². The van der Waals surface area contributed by atoms with Crippen LogP contribution < -0.4 is 10.6 Å². The molecule has 4 rings (SSSR count). The molecule has 1 aliphatic rings. The van der Waals surface area contributed by atoms with Gasteiger partial charge in [0.25, 0.3) is 0 Å². The van der Waals surface area contributed by atoms with Crippen LogP contribution in [0.25, 0.3) is 0 Å². The molecule has 41 heavy (non-hydrogen) atoms. The maximum Gasteiger partial charge on any atom is 0.337 e. The van der Waals surface area contributed by atoms with E-state index < -0.39 is 11.9 Å². The Morgan fingerprint density at radius 3 is 2.02 bits per heavy atom. The number of carbonyl (C=O) groups excluding carboxylic acids is 2. The lowest BCUT2D eigenvalue weighted by atomic mass is 10.1. The number of hydrogen-bond acceptors (Lipinski definition) is 8. The topological polar surface area (TPSA) is 121 Å². The SMILES string of the molecule is COC(=O)c1cc(NC(=S)/N=C(\Nc2nc(C)cc(C)n2)N2CCN(Cc3ccccc3)CC2)cc(C(=O)OC)c1. The Balaban J connectivity index is 1.56. The Hall–Kier alpha value is -4.42. The quantitative estimate of drug-likeness (QED) is 0.194. The zero-order valence-electron chi connectivity index (χ0n) is 23.5. The van der Waals surface area contributed by atoms with Crippen LogP contribution in [0.3, 0.4) is 0 Å². The number of benzene rings is 2. The second-order valence-corrected chi connectivity index (χ2v) is 9.88. The van der Waals surface area contributed by atoms with Gasteiger partial charge in [-0.25, -0.2) is 19.6 Å². The van der Waals surface area contributed by atoms with E-state index in [1.165, 1.54) is 38.0 Å². The third-order valence-corrected chi connectivity index (χ3v) is 6.55. The van der Waals surface area contributed by atoms with Crippen molar-refractivity contribution in [1.82, 2.24) is 19.8 Å². The standard InChI is InChI=1S/C29H33N7O4S/c1-19-14-20(2)31-27(30-19)33-28(36-12-10-35(11-13-36)18-21-8-6-5-7-9-21)34-29(41)32-24-16-22(25(37)39-3)15-23(17-24)26(38)40-4/h5-9,14-17H,10-13,18H2,1-4H3,(H2,30,31,32,33,34,41). The van der Waals surface area contributed by atoms with Gasteiger partial charge in [0.2, 0.25) is 17.0 Å². The monoisotopic (exact) mass is 575 g/mol. The van der Waals surface area contributed by atoms with Crippen molar-refractivity contribution in [1.29, 1.82) is 0 Å².